The standard InChI is InChI=1S/C8H10N2O/c1-5-4-10-8(6(2)11)3-7(5)9/h3-4H,1-2H3,(H2,9,10). The summed E-state index contributed by atoms with van der Waals surface area (Å²) in [5.74, 6) is -0.0586. The molecule has 0 saturated heterocycles. The van der Waals surface area contributed by atoms with E-state index in [-0.39, 0.29) is 5.78 Å². The fourth-order valence-electron chi connectivity index (χ4n) is 0.732. The number of nitrogens with two attached hydrogens (primary N) is 1. The zero-order valence-electron chi connectivity index (χ0n) is 6.59. The number of aryl methyl sites for hydroxylation is 1. The minimum Gasteiger partial charge on any atom is -0.398 e. The molecule has 0 saturated carbocycles. The largest absolute Gasteiger partial charge is 0.398 e. The molecule has 0 fully saturated rings. The van der Waals surface area contributed by atoms with E-state index in [0.29, 0.717) is 11.4 Å². The maximum absolute atomic E-state index is 10.8. The average Bonchev–Trinajstić information content (AvgIpc) is 1.94. The summed E-state index contributed by atoms with van der Waals surface area (Å²) in [6.45, 7) is 3.32. The van der Waals surface area contributed by atoms with Gasteiger partial charge in [-0.3, -0.25) is 9.78 Å². The first-order valence-corrected chi connectivity index (χ1v) is 3.34. The SMILES string of the molecule is CC(=O)c1cc(N)c(C)cn1. The Balaban J connectivity index is 3.15. The van der Waals surface area contributed by atoms with Crippen LogP contribution in [0.4, 0.5) is 5.69 Å². The van der Waals surface area contributed by atoms with Crippen molar-refractivity contribution in [3.63, 3.8) is 0 Å². The number of anilines is 1. The summed E-state index contributed by atoms with van der Waals surface area (Å²) >= 11 is 0. The van der Waals surface area contributed by atoms with E-state index in [1.54, 1.807) is 12.3 Å². The monoisotopic (exact) mass is 150 g/mol. The van der Waals surface area contributed by atoms with Crippen molar-refractivity contribution in [2.24, 2.45) is 0 Å². The van der Waals surface area contributed by atoms with Crippen molar-refractivity contribution in [1.29, 1.82) is 0 Å². The van der Waals surface area contributed by atoms with Gasteiger partial charge in [-0.1, -0.05) is 0 Å². The minimum absolute atomic E-state index is 0.0586. The van der Waals surface area contributed by atoms with Crippen molar-refractivity contribution in [1.82, 2.24) is 4.98 Å². The van der Waals surface area contributed by atoms with E-state index in [0.717, 1.165) is 5.56 Å². The summed E-state index contributed by atoms with van der Waals surface area (Å²) in [4.78, 5) is 14.7. The molecule has 0 aliphatic heterocycles. The van der Waals surface area contributed by atoms with Gasteiger partial charge in [0.2, 0.25) is 0 Å². The minimum atomic E-state index is -0.0586. The Morgan fingerprint density at radius 1 is 1.64 bits per heavy atom. The van der Waals surface area contributed by atoms with Crippen LogP contribution in [0.3, 0.4) is 0 Å². The fraction of sp³-hybridized carbons (Fsp3) is 0.250. The Kier molecular flexibility index (Phi) is 1.89. The van der Waals surface area contributed by atoms with Crippen LogP contribution in [0.5, 0.6) is 0 Å². The number of pyridine rings is 1. The second kappa shape index (κ2) is 2.70. The van der Waals surface area contributed by atoms with E-state index in [1.165, 1.54) is 6.92 Å². The molecule has 0 aliphatic rings. The molecule has 0 aromatic carbocycles. The lowest BCUT2D eigenvalue weighted by Gasteiger charge is -1.99. The molecule has 3 heteroatoms. The van der Waals surface area contributed by atoms with Crippen molar-refractivity contribution in [2.45, 2.75) is 13.8 Å². The topological polar surface area (TPSA) is 56.0 Å². The number of Topliss-reactive ketones (excluding diaryl/α,β-unsaturated/α-hetero) is 1. The van der Waals surface area contributed by atoms with E-state index in [1.807, 2.05) is 6.92 Å². The van der Waals surface area contributed by atoms with Crippen molar-refractivity contribution in [3.05, 3.63) is 23.5 Å². The van der Waals surface area contributed by atoms with Crippen LogP contribution in [-0.4, -0.2) is 10.8 Å². The van der Waals surface area contributed by atoms with E-state index < -0.39 is 0 Å². The molecule has 1 aromatic rings. The Labute approximate surface area is 65.2 Å². The number of nitrogens with zero attached hydrogens (tertiary/aromatic N) is 1. The van der Waals surface area contributed by atoms with Crippen LogP contribution < -0.4 is 5.73 Å². The van der Waals surface area contributed by atoms with Crippen LogP contribution in [0.2, 0.25) is 0 Å². The lowest BCUT2D eigenvalue weighted by molar-refractivity contribution is 0.101. The smallest absolute Gasteiger partial charge is 0.178 e. The summed E-state index contributed by atoms with van der Waals surface area (Å²) in [5, 5.41) is 0. The highest BCUT2D eigenvalue weighted by Crippen LogP contribution is 2.09. The summed E-state index contributed by atoms with van der Waals surface area (Å²) in [7, 11) is 0. The molecule has 2 N–H and O–H groups in total. The van der Waals surface area contributed by atoms with Gasteiger partial charge in [-0.05, 0) is 18.6 Å². The van der Waals surface area contributed by atoms with Crippen LogP contribution in [0, 0.1) is 6.92 Å². The molecule has 1 rings (SSSR count). The second-order valence-electron chi connectivity index (χ2n) is 2.48. The highest BCUT2D eigenvalue weighted by molar-refractivity contribution is 5.92. The van der Waals surface area contributed by atoms with Gasteiger partial charge in [-0.2, -0.15) is 0 Å². The average molecular weight is 150 g/mol. The molecule has 1 heterocycles. The first-order chi connectivity index (χ1) is 5.11. The zero-order chi connectivity index (χ0) is 8.43. The Bertz CT molecular complexity index is 294. The highest BCUT2D eigenvalue weighted by atomic mass is 16.1. The van der Waals surface area contributed by atoms with E-state index >= 15 is 0 Å². The summed E-state index contributed by atoms with van der Waals surface area (Å²) < 4.78 is 0. The van der Waals surface area contributed by atoms with Crippen LogP contribution in [0.25, 0.3) is 0 Å². The number of carbonyl (C=O) groups excluding carboxylic acids is 1. The molecule has 1 aromatic heterocycles. The number of hydrogen-bond donors (Lipinski definition) is 1. The van der Waals surface area contributed by atoms with Gasteiger partial charge in [-0.25, -0.2) is 0 Å². The molecule has 0 unspecified atom stereocenters. The van der Waals surface area contributed by atoms with Gasteiger partial charge in [0.1, 0.15) is 5.69 Å². The third-order valence-electron chi connectivity index (χ3n) is 1.51. The summed E-state index contributed by atoms with van der Waals surface area (Å²) in [6.07, 6.45) is 1.60. The number of ketones is 1. The molecule has 0 bridgehead atoms. The van der Waals surface area contributed by atoms with Gasteiger partial charge in [0.15, 0.2) is 5.78 Å². The van der Waals surface area contributed by atoms with Crippen molar-refractivity contribution < 1.29 is 4.79 Å². The molecule has 0 aliphatic carbocycles. The third kappa shape index (κ3) is 1.55. The fourth-order valence-corrected chi connectivity index (χ4v) is 0.732. The van der Waals surface area contributed by atoms with Crippen molar-refractivity contribution in [2.75, 3.05) is 5.73 Å². The van der Waals surface area contributed by atoms with Crippen LogP contribution >= 0.6 is 0 Å². The lowest BCUT2D eigenvalue weighted by atomic mass is 10.2. The van der Waals surface area contributed by atoms with Gasteiger partial charge < -0.3 is 5.73 Å². The number of hydrogen-bond acceptors (Lipinski definition) is 3. The summed E-state index contributed by atoms with van der Waals surface area (Å²) in [6, 6.07) is 1.59. The van der Waals surface area contributed by atoms with Crippen LogP contribution in [-0.2, 0) is 0 Å². The van der Waals surface area contributed by atoms with E-state index in [2.05, 4.69) is 4.98 Å². The Morgan fingerprint density at radius 3 is 2.73 bits per heavy atom. The maximum atomic E-state index is 10.8. The quantitative estimate of drug-likeness (QED) is 0.611. The number of carbonyl (C=O) groups is 1. The molecule has 11 heavy (non-hydrogen) atoms. The van der Waals surface area contributed by atoms with Crippen molar-refractivity contribution in [3.8, 4) is 0 Å². The Hall–Kier alpha value is -1.38. The van der Waals surface area contributed by atoms with Gasteiger partial charge in [0.05, 0.1) is 0 Å². The van der Waals surface area contributed by atoms with Crippen molar-refractivity contribution >= 4 is 11.5 Å². The Morgan fingerprint density at radius 2 is 2.27 bits per heavy atom. The van der Waals surface area contributed by atoms with Gasteiger partial charge in [0, 0.05) is 18.8 Å². The highest BCUT2D eigenvalue weighted by Gasteiger charge is 2.01. The van der Waals surface area contributed by atoms with Gasteiger partial charge >= 0.3 is 0 Å². The van der Waals surface area contributed by atoms with E-state index in [4.69, 9.17) is 5.73 Å². The predicted molar refractivity (Wildman–Crippen MR) is 43.4 cm³/mol. The molecule has 0 amide bonds. The van der Waals surface area contributed by atoms with Crippen LogP contribution in [0.1, 0.15) is 23.0 Å². The number of nitrogen functional groups attached to an aromatic ring is 1. The van der Waals surface area contributed by atoms with E-state index in [9.17, 15) is 4.79 Å². The molecule has 0 radical (unpaired) electrons. The first kappa shape index (κ1) is 7.72. The number of aromatic nitrogens is 1. The molecular weight excluding hydrogens is 140 g/mol. The number of rotatable bonds is 1. The molecule has 0 atom stereocenters. The first-order valence-electron chi connectivity index (χ1n) is 3.34. The summed E-state index contributed by atoms with van der Waals surface area (Å²) in [5.41, 5.74) is 7.50. The molecule has 3 nitrogen and oxygen atoms in total. The predicted octanol–water partition coefficient (Wildman–Crippen LogP) is 1.17. The normalized spacial score (nSPS) is 9.64. The second-order valence-corrected chi connectivity index (χ2v) is 2.48. The molecule has 58 valence electrons. The van der Waals surface area contributed by atoms with Crippen LogP contribution in [0.15, 0.2) is 12.3 Å². The third-order valence-corrected chi connectivity index (χ3v) is 1.51. The van der Waals surface area contributed by atoms with Gasteiger partial charge in [0.25, 0.3) is 0 Å². The molecule has 0 spiro atoms. The zero-order valence-corrected chi connectivity index (χ0v) is 6.59. The molecular formula is C8H10N2O. The van der Waals surface area contributed by atoms with Gasteiger partial charge in [-0.15, -0.1) is 0 Å². The lowest BCUT2D eigenvalue weighted by Crippen LogP contribution is -1.99. The maximum Gasteiger partial charge on any atom is 0.178 e.